The predicted octanol–water partition coefficient (Wildman–Crippen LogP) is 3.46. The average Bonchev–Trinajstić information content (AvgIpc) is 3.22. The molecule has 100 valence electrons. The minimum absolute atomic E-state index is 0.789. The van der Waals surface area contributed by atoms with E-state index in [2.05, 4.69) is 29.6 Å². The lowest BCUT2D eigenvalue weighted by Gasteiger charge is -2.05. The van der Waals surface area contributed by atoms with Gasteiger partial charge in [-0.3, -0.25) is 0 Å². The highest BCUT2D eigenvalue weighted by atomic mass is 32.2. The van der Waals surface area contributed by atoms with Crippen molar-refractivity contribution in [3.8, 4) is 0 Å². The number of nitrogens with one attached hydrogen (secondary N) is 1. The van der Waals surface area contributed by atoms with Crippen LogP contribution in [-0.4, -0.2) is 25.0 Å². The Kier molecular flexibility index (Phi) is 6.05. The first-order chi connectivity index (χ1) is 8.88. The number of ether oxygens (including phenoxy) is 1. The maximum atomic E-state index is 5.33. The summed E-state index contributed by atoms with van der Waals surface area (Å²) in [6.07, 6.45) is 3.84. The van der Waals surface area contributed by atoms with E-state index in [1.54, 1.807) is 0 Å². The van der Waals surface area contributed by atoms with E-state index in [1.807, 2.05) is 18.7 Å². The molecule has 0 spiro atoms. The van der Waals surface area contributed by atoms with E-state index in [0.717, 1.165) is 38.0 Å². The summed E-state index contributed by atoms with van der Waals surface area (Å²) < 4.78 is 5.33. The summed E-state index contributed by atoms with van der Waals surface area (Å²) in [6, 6.07) is 9.73. The second-order valence-electron chi connectivity index (χ2n) is 4.70. The molecule has 0 radical (unpaired) electrons. The topological polar surface area (TPSA) is 21.3 Å². The highest BCUT2D eigenvalue weighted by Gasteiger charge is 2.19. The zero-order valence-electron chi connectivity index (χ0n) is 11.2. The third-order valence-electron chi connectivity index (χ3n) is 3.00. The van der Waals surface area contributed by atoms with Crippen LogP contribution in [0.1, 0.15) is 31.7 Å². The maximum absolute atomic E-state index is 5.33. The lowest BCUT2D eigenvalue weighted by Crippen LogP contribution is -2.14. The molecule has 18 heavy (non-hydrogen) atoms. The number of hydrogen-bond acceptors (Lipinski definition) is 3. The van der Waals surface area contributed by atoms with Crippen LogP contribution in [-0.2, 0) is 11.3 Å². The molecular formula is C15H23NOS. The summed E-state index contributed by atoms with van der Waals surface area (Å²) in [5, 5.41) is 3.54. The molecule has 1 aromatic carbocycles. The quantitative estimate of drug-likeness (QED) is 0.546. The molecule has 0 aromatic heterocycles. The molecule has 0 bridgehead atoms. The monoisotopic (exact) mass is 265 g/mol. The van der Waals surface area contributed by atoms with Crippen LogP contribution < -0.4 is 5.32 Å². The van der Waals surface area contributed by atoms with Crippen LogP contribution in [0.3, 0.4) is 0 Å². The Morgan fingerprint density at radius 1 is 1.28 bits per heavy atom. The molecule has 3 heteroatoms. The molecule has 0 amide bonds. The van der Waals surface area contributed by atoms with Gasteiger partial charge in [0.25, 0.3) is 0 Å². The summed E-state index contributed by atoms with van der Waals surface area (Å²) >= 11 is 1.92. The highest BCUT2D eigenvalue weighted by molar-refractivity contribution is 7.99. The zero-order chi connectivity index (χ0) is 12.6. The van der Waals surface area contributed by atoms with Crippen molar-refractivity contribution < 1.29 is 4.74 Å². The predicted molar refractivity (Wildman–Crippen MR) is 78.1 cm³/mol. The molecule has 1 aromatic rings. The van der Waals surface area contributed by atoms with Gasteiger partial charge in [0.05, 0.1) is 0 Å². The molecule has 0 unspecified atom stereocenters. The lowest BCUT2D eigenvalue weighted by atomic mass is 10.2. The molecule has 0 heterocycles. The molecule has 2 rings (SSSR count). The molecule has 1 N–H and O–H groups in total. The van der Waals surface area contributed by atoms with E-state index in [0.29, 0.717) is 0 Å². The Hall–Kier alpha value is -0.510. The van der Waals surface area contributed by atoms with Crippen molar-refractivity contribution >= 4 is 11.8 Å². The molecule has 0 aliphatic heterocycles. The van der Waals surface area contributed by atoms with Crippen LogP contribution in [0, 0.1) is 0 Å². The van der Waals surface area contributed by atoms with Crippen molar-refractivity contribution in [2.45, 2.75) is 43.7 Å². The fraction of sp³-hybridized carbons (Fsp3) is 0.600. The molecule has 1 fully saturated rings. The minimum atomic E-state index is 0.789. The van der Waals surface area contributed by atoms with Crippen molar-refractivity contribution in [2.75, 3.05) is 19.0 Å². The summed E-state index contributed by atoms with van der Waals surface area (Å²) in [5.41, 5.74) is 1.39. The van der Waals surface area contributed by atoms with Gasteiger partial charge in [-0.2, -0.15) is 0 Å². The zero-order valence-corrected chi connectivity index (χ0v) is 12.0. The van der Waals surface area contributed by atoms with Crippen molar-refractivity contribution in [1.82, 2.24) is 5.32 Å². The van der Waals surface area contributed by atoms with E-state index in [9.17, 15) is 0 Å². The van der Waals surface area contributed by atoms with Gasteiger partial charge in [-0.1, -0.05) is 12.1 Å². The van der Waals surface area contributed by atoms with E-state index in [-0.39, 0.29) is 0 Å². The lowest BCUT2D eigenvalue weighted by molar-refractivity contribution is 0.149. The van der Waals surface area contributed by atoms with E-state index < -0.39 is 0 Å². The van der Waals surface area contributed by atoms with E-state index in [1.165, 1.54) is 23.3 Å². The Morgan fingerprint density at radius 3 is 2.72 bits per heavy atom. The smallest absolute Gasteiger partial charge is 0.0473 e. The van der Waals surface area contributed by atoms with Gasteiger partial charge in [0.15, 0.2) is 0 Å². The molecule has 1 aliphatic rings. The number of benzene rings is 1. The second-order valence-corrected chi connectivity index (χ2v) is 5.87. The van der Waals surface area contributed by atoms with Crippen molar-refractivity contribution in [3.05, 3.63) is 29.8 Å². The number of rotatable bonds is 9. The summed E-state index contributed by atoms with van der Waals surface area (Å²) in [7, 11) is 0. The normalized spacial score (nSPS) is 14.9. The number of thioether (sulfide) groups is 1. The maximum Gasteiger partial charge on any atom is 0.0473 e. The van der Waals surface area contributed by atoms with Crippen molar-refractivity contribution in [1.29, 1.82) is 0 Å². The minimum Gasteiger partial charge on any atom is -0.382 e. The molecule has 2 nitrogen and oxygen atoms in total. The first kappa shape index (κ1) is 13.9. The molecular weight excluding hydrogens is 242 g/mol. The molecule has 1 saturated carbocycles. The fourth-order valence-corrected chi connectivity index (χ4v) is 2.57. The van der Waals surface area contributed by atoms with Gasteiger partial charge in [0.2, 0.25) is 0 Å². The largest absolute Gasteiger partial charge is 0.382 e. The summed E-state index contributed by atoms with van der Waals surface area (Å²) in [5.74, 6) is 1.14. The molecule has 0 saturated heterocycles. The second kappa shape index (κ2) is 7.82. The van der Waals surface area contributed by atoms with Crippen LogP contribution >= 0.6 is 11.8 Å². The van der Waals surface area contributed by atoms with Crippen molar-refractivity contribution in [2.24, 2.45) is 0 Å². The van der Waals surface area contributed by atoms with Crippen LogP contribution in [0.2, 0.25) is 0 Å². The van der Waals surface area contributed by atoms with E-state index in [4.69, 9.17) is 4.74 Å². The Morgan fingerprint density at radius 2 is 2.06 bits per heavy atom. The highest BCUT2D eigenvalue weighted by Crippen LogP contribution is 2.21. The Labute approximate surface area is 114 Å². The van der Waals surface area contributed by atoms with Gasteiger partial charge in [0.1, 0.15) is 0 Å². The van der Waals surface area contributed by atoms with Gasteiger partial charge < -0.3 is 10.1 Å². The van der Waals surface area contributed by atoms with Gasteiger partial charge in [-0.25, -0.2) is 0 Å². The summed E-state index contributed by atoms with van der Waals surface area (Å²) in [6.45, 7) is 4.77. The molecule has 1 aliphatic carbocycles. The van der Waals surface area contributed by atoms with Crippen molar-refractivity contribution in [3.63, 3.8) is 0 Å². The van der Waals surface area contributed by atoms with Gasteiger partial charge in [-0.15, -0.1) is 11.8 Å². The first-order valence-electron chi connectivity index (χ1n) is 6.91. The average molecular weight is 265 g/mol. The van der Waals surface area contributed by atoms with Crippen LogP contribution in [0.15, 0.2) is 29.2 Å². The third-order valence-corrected chi connectivity index (χ3v) is 4.10. The van der Waals surface area contributed by atoms with Crippen LogP contribution in [0.25, 0.3) is 0 Å². The first-order valence-corrected chi connectivity index (χ1v) is 7.90. The Balaban J connectivity index is 1.63. The standard InChI is InChI=1S/C15H23NOS/c1-2-17-10-3-11-18-15-8-4-13(5-9-15)12-16-14-6-7-14/h4-5,8-9,14,16H,2-3,6-7,10-12H2,1H3. The fourth-order valence-electron chi connectivity index (χ4n) is 1.75. The third kappa shape index (κ3) is 5.42. The molecule has 0 atom stereocenters. The number of hydrogen-bond donors (Lipinski definition) is 1. The van der Waals surface area contributed by atoms with Gasteiger partial charge in [0, 0.05) is 36.4 Å². The van der Waals surface area contributed by atoms with Crippen LogP contribution in [0.4, 0.5) is 0 Å². The van der Waals surface area contributed by atoms with E-state index >= 15 is 0 Å². The SMILES string of the molecule is CCOCCCSc1ccc(CNC2CC2)cc1. The van der Waals surface area contributed by atoms with Crippen LogP contribution in [0.5, 0.6) is 0 Å². The van der Waals surface area contributed by atoms with Gasteiger partial charge in [-0.05, 0) is 43.9 Å². The summed E-state index contributed by atoms with van der Waals surface area (Å²) in [4.78, 5) is 1.36. The Bertz CT molecular complexity index is 335. The van der Waals surface area contributed by atoms with Gasteiger partial charge >= 0.3 is 0 Å².